The van der Waals surface area contributed by atoms with Gasteiger partial charge in [-0.05, 0) is 90.1 Å². The summed E-state index contributed by atoms with van der Waals surface area (Å²) in [6.07, 6.45) is 3.73. The molecule has 0 amide bonds. The Hall–Kier alpha value is -7.04. The van der Waals surface area contributed by atoms with Crippen LogP contribution in [0.5, 0.6) is 0 Å². The first-order valence-electron chi connectivity index (χ1n) is 17.5. The first-order valence-corrected chi connectivity index (χ1v) is 17.5. The van der Waals surface area contributed by atoms with Crippen molar-refractivity contribution in [3.05, 3.63) is 182 Å². The van der Waals surface area contributed by atoms with E-state index in [9.17, 15) is 0 Å². The number of nitrogens with zero attached hydrogens (tertiary/aromatic N) is 4. The van der Waals surface area contributed by atoms with Crippen molar-refractivity contribution in [2.24, 2.45) is 0 Å². The highest BCUT2D eigenvalue weighted by molar-refractivity contribution is 6.33. The molecule has 4 nitrogen and oxygen atoms in total. The summed E-state index contributed by atoms with van der Waals surface area (Å²) in [5.41, 5.74) is 7.06. The van der Waals surface area contributed by atoms with Gasteiger partial charge in [0.25, 0.3) is 0 Å². The number of benzene rings is 8. The van der Waals surface area contributed by atoms with E-state index in [2.05, 4.69) is 108 Å². The maximum atomic E-state index is 5.12. The second-order valence-corrected chi connectivity index (χ2v) is 13.1. The fraction of sp³-hybridized carbons (Fsp3) is 0. The van der Waals surface area contributed by atoms with Crippen LogP contribution in [-0.4, -0.2) is 19.9 Å². The minimum Gasteiger partial charge on any atom is -0.264 e. The van der Waals surface area contributed by atoms with Crippen LogP contribution in [0.3, 0.4) is 0 Å². The van der Waals surface area contributed by atoms with Gasteiger partial charge in [-0.2, -0.15) is 0 Å². The lowest BCUT2D eigenvalue weighted by Gasteiger charge is -2.17. The molecule has 0 radical (unpaired) electrons. The van der Waals surface area contributed by atoms with Crippen LogP contribution in [-0.2, 0) is 0 Å². The maximum Gasteiger partial charge on any atom is 0.164 e. The third kappa shape index (κ3) is 5.09. The van der Waals surface area contributed by atoms with Crippen LogP contribution in [0.2, 0.25) is 0 Å². The standard InChI is InChI=1S/C48H30N4/c1-3-14-31(15-4-1)46-50-47(32-16-5-2-6-17-32)52-48(51-46)36-27-34(33-18-13-25-49-30-33)26-35(28-36)43-29-44-39-21-8-7-19-37(39)38-20-9-11-23-41(38)45(44)42-24-12-10-22-40(42)43/h1-30H. The number of hydrogen-bond acceptors (Lipinski definition) is 4. The molecule has 0 N–H and O–H groups in total. The van der Waals surface area contributed by atoms with Crippen molar-refractivity contribution in [2.75, 3.05) is 0 Å². The Kier molecular flexibility index (Phi) is 7.10. The Morgan fingerprint density at radius 3 is 1.33 bits per heavy atom. The van der Waals surface area contributed by atoms with Crippen molar-refractivity contribution < 1.29 is 0 Å². The van der Waals surface area contributed by atoms with E-state index in [1.165, 1.54) is 43.1 Å². The number of pyridine rings is 1. The Labute approximate surface area is 300 Å². The predicted molar refractivity (Wildman–Crippen MR) is 215 cm³/mol. The van der Waals surface area contributed by atoms with Crippen molar-refractivity contribution in [2.45, 2.75) is 0 Å². The summed E-state index contributed by atoms with van der Waals surface area (Å²) in [5.74, 6) is 1.88. The maximum absolute atomic E-state index is 5.12. The summed E-state index contributed by atoms with van der Waals surface area (Å²) in [5, 5.41) is 9.94. The molecule has 0 atom stereocenters. The van der Waals surface area contributed by atoms with Gasteiger partial charge in [0.05, 0.1) is 0 Å². The third-order valence-corrected chi connectivity index (χ3v) is 9.94. The number of aromatic nitrogens is 4. The first kappa shape index (κ1) is 29.8. The Balaban J connectivity index is 1.29. The normalized spacial score (nSPS) is 11.5. The highest BCUT2D eigenvalue weighted by atomic mass is 15.0. The van der Waals surface area contributed by atoms with Gasteiger partial charge in [-0.1, -0.05) is 140 Å². The average Bonchev–Trinajstić information content (AvgIpc) is 3.24. The van der Waals surface area contributed by atoms with E-state index < -0.39 is 0 Å². The zero-order chi connectivity index (χ0) is 34.4. The predicted octanol–water partition coefficient (Wildman–Crippen LogP) is 12.2. The molecule has 2 heterocycles. The van der Waals surface area contributed by atoms with E-state index in [4.69, 9.17) is 15.0 Å². The lowest BCUT2D eigenvalue weighted by atomic mass is 9.86. The van der Waals surface area contributed by atoms with E-state index in [1.54, 1.807) is 0 Å². The average molecular weight is 663 g/mol. The van der Waals surface area contributed by atoms with Crippen LogP contribution in [0.1, 0.15) is 0 Å². The first-order chi connectivity index (χ1) is 25.8. The van der Waals surface area contributed by atoms with Gasteiger partial charge in [-0.15, -0.1) is 0 Å². The Bertz CT molecular complexity index is 2880. The van der Waals surface area contributed by atoms with Gasteiger partial charge in [0, 0.05) is 34.6 Å². The molecule has 0 saturated heterocycles. The fourth-order valence-corrected chi connectivity index (χ4v) is 7.56. The third-order valence-electron chi connectivity index (χ3n) is 9.94. The van der Waals surface area contributed by atoms with Crippen LogP contribution < -0.4 is 0 Å². The molecular formula is C48H30N4. The van der Waals surface area contributed by atoms with Gasteiger partial charge in [0.1, 0.15) is 0 Å². The molecule has 0 saturated carbocycles. The summed E-state index contributed by atoms with van der Waals surface area (Å²) >= 11 is 0. The van der Waals surface area contributed by atoms with E-state index in [0.29, 0.717) is 17.5 Å². The molecule has 0 spiro atoms. The number of fused-ring (bicyclic) bond motifs is 8. The number of rotatable bonds is 5. The van der Waals surface area contributed by atoms with Gasteiger partial charge in [-0.25, -0.2) is 15.0 Å². The lowest BCUT2D eigenvalue weighted by molar-refractivity contribution is 1.07. The summed E-state index contributed by atoms with van der Waals surface area (Å²) in [7, 11) is 0. The summed E-state index contributed by atoms with van der Waals surface area (Å²) < 4.78 is 0. The number of hydrogen-bond donors (Lipinski definition) is 0. The van der Waals surface area contributed by atoms with Crippen molar-refractivity contribution in [3.63, 3.8) is 0 Å². The molecule has 10 rings (SSSR count). The van der Waals surface area contributed by atoms with Crippen LogP contribution in [0.4, 0.5) is 0 Å². The molecule has 2 aromatic heterocycles. The molecule has 0 bridgehead atoms. The molecule has 4 heteroatoms. The van der Waals surface area contributed by atoms with Gasteiger partial charge in [-0.3, -0.25) is 4.98 Å². The monoisotopic (exact) mass is 662 g/mol. The fourth-order valence-electron chi connectivity index (χ4n) is 7.56. The van der Waals surface area contributed by atoms with E-state index in [-0.39, 0.29) is 0 Å². The zero-order valence-electron chi connectivity index (χ0n) is 28.1. The molecule has 8 aromatic carbocycles. The molecule has 0 unspecified atom stereocenters. The zero-order valence-corrected chi connectivity index (χ0v) is 28.1. The van der Waals surface area contributed by atoms with Gasteiger partial charge in [0.2, 0.25) is 0 Å². The van der Waals surface area contributed by atoms with Crippen molar-refractivity contribution in [1.29, 1.82) is 0 Å². The molecule has 0 fully saturated rings. The molecule has 0 aliphatic rings. The Morgan fingerprint density at radius 2 is 0.731 bits per heavy atom. The highest BCUT2D eigenvalue weighted by Gasteiger charge is 2.18. The van der Waals surface area contributed by atoms with Crippen LogP contribution >= 0.6 is 0 Å². The van der Waals surface area contributed by atoms with Gasteiger partial charge < -0.3 is 0 Å². The summed E-state index contributed by atoms with van der Waals surface area (Å²) in [6.45, 7) is 0. The quantitative estimate of drug-likeness (QED) is 0.172. The second-order valence-electron chi connectivity index (χ2n) is 13.1. The molecule has 0 aliphatic carbocycles. The van der Waals surface area contributed by atoms with Crippen LogP contribution in [0.15, 0.2) is 182 Å². The minimum absolute atomic E-state index is 0.612. The topological polar surface area (TPSA) is 51.6 Å². The van der Waals surface area contributed by atoms with E-state index >= 15 is 0 Å². The second kappa shape index (κ2) is 12.4. The minimum atomic E-state index is 0.612. The Morgan fingerprint density at radius 1 is 0.288 bits per heavy atom. The molecule has 10 aromatic rings. The van der Waals surface area contributed by atoms with Gasteiger partial charge in [0.15, 0.2) is 17.5 Å². The van der Waals surface area contributed by atoms with Crippen molar-refractivity contribution in [3.8, 4) is 56.4 Å². The van der Waals surface area contributed by atoms with E-state index in [1.807, 2.05) is 79.1 Å². The molecule has 0 aliphatic heterocycles. The largest absolute Gasteiger partial charge is 0.264 e. The summed E-state index contributed by atoms with van der Waals surface area (Å²) in [6, 6.07) is 59.7. The molecular weight excluding hydrogens is 633 g/mol. The lowest BCUT2D eigenvalue weighted by Crippen LogP contribution is -2.00. The van der Waals surface area contributed by atoms with E-state index in [0.717, 1.165) is 38.9 Å². The van der Waals surface area contributed by atoms with Crippen molar-refractivity contribution >= 4 is 43.1 Å². The summed E-state index contributed by atoms with van der Waals surface area (Å²) in [4.78, 5) is 19.7. The van der Waals surface area contributed by atoms with Crippen LogP contribution in [0.25, 0.3) is 99.5 Å². The van der Waals surface area contributed by atoms with Crippen molar-refractivity contribution in [1.82, 2.24) is 19.9 Å². The van der Waals surface area contributed by atoms with Crippen LogP contribution in [0, 0.1) is 0 Å². The molecule has 242 valence electrons. The molecule has 52 heavy (non-hydrogen) atoms. The highest BCUT2D eigenvalue weighted by Crippen LogP contribution is 2.44. The SMILES string of the molecule is c1ccc(-c2nc(-c3ccccc3)nc(-c3cc(-c4cccnc4)cc(-c4cc5c6ccccc6c6ccccc6c5c5ccccc45)c3)n2)cc1. The van der Waals surface area contributed by atoms with Gasteiger partial charge >= 0.3 is 0 Å². The smallest absolute Gasteiger partial charge is 0.164 e.